The number of carbonyl (C=O) groups excluding carboxylic acids is 3. The van der Waals surface area contributed by atoms with Gasteiger partial charge in [-0.1, -0.05) is 15.9 Å². The molecular formula is C22H23BrN2O5. The van der Waals surface area contributed by atoms with Crippen LogP contribution in [0.2, 0.25) is 0 Å². The van der Waals surface area contributed by atoms with Crippen LogP contribution in [-0.4, -0.2) is 38.0 Å². The molecule has 158 valence electrons. The summed E-state index contributed by atoms with van der Waals surface area (Å²) in [6.45, 7) is 3.67. The van der Waals surface area contributed by atoms with Crippen LogP contribution in [0.1, 0.15) is 17.5 Å². The highest BCUT2D eigenvalue weighted by atomic mass is 79.9. The third-order valence-electron chi connectivity index (χ3n) is 4.91. The van der Waals surface area contributed by atoms with E-state index in [2.05, 4.69) is 21.2 Å². The number of carbonyl (C=O) groups is 3. The zero-order valence-electron chi connectivity index (χ0n) is 17.0. The number of methoxy groups -OCH3 is 1. The predicted molar refractivity (Wildman–Crippen MR) is 117 cm³/mol. The first-order valence-corrected chi connectivity index (χ1v) is 10.3. The average Bonchev–Trinajstić information content (AvgIpc) is 3.12. The van der Waals surface area contributed by atoms with Crippen molar-refractivity contribution in [1.29, 1.82) is 0 Å². The van der Waals surface area contributed by atoms with Gasteiger partial charge < -0.3 is 19.7 Å². The summed E-state index contributed by atoms with van der Waals surface area (Å²) >= 11 is 3.48. The number of amides is 2. The molecule has 2 aromatic rings. The molecule has 1 aliphatic rings. The monoisotopic (exact) mass is 474 g/mol. The molecule has 8 heteroatoms. The Bertz CT molecular complexity index is 951. The second kappa shape index (κ2) is 9.30. The molecule has 0 aromatic heterocycles. The van der Waals surface area contributed by atoms with Gasteiger partial charge in [0.05, 0.1) is 13.0 Å². The van der Waals surface area contributed by atoms with Crippen LogP contribution in [0.3, 0.4) is 0 Å². The Balaban J connectivity index is 1.53. The Morgan fingerprint density at radius 1 is 1.17 bits per heavy atom. The molecule has 1 fully saturated rings. The van der Waals surface area contributed by atoms with Gasteiger partial charge in [-0.2, -0.15) is 0 Å². The van der Waals surface area contributed by atoms with Crippen molar-refractivity contribution in [1.82, 2.24) is 0 Å². The SMILES string of the molecule is COc1ccc(N2C[C@@H](C(=O)OCC(=O)Nc3cc(C)c(Br)c(C)c3)CC2=O)cc1. The van der Waals surface area contributed by atoms with E-state index in [0.29, 0.717) is 17.1 Å². The third-order valence-corrected chi connectivity index (χ3v) is 6.16. The molecule has 0 bridgehead atoms. The number of ether oxygens (including phenoxy) is 2. The number of nitrogens with one attached hydrogen (secondary N) is 1. The lowest BCUT2D eigenvalue weighted by Gasteiger charge is -2.17. The van der Waals surface area contributed by atoms with Crippen LogP contribution in [0.4, 0.5) is 11.4 Å². The minimum atomic E-state index is -0.607. The molecule has 3 rings (SSSR count). The van der Waals surface area contributed by atoms with E-state index in [1.165, 1.54) is 0 Å². The maximum Gasteiger partial charge on any atom is 0.311 e. The molecule has 0 spiro atoms. The first kappa shape index (κ1) is 21.8. The van der Waals surface area contributed by atoms with Crippen LogP contribution in [-0.2, 0) is 19.1 Å². The highest BCUT2D eigenvalue weighted by Crippen LogP contribution is 2.28. The fraction of sp³-hybridized carbons (Fsp3) is 0.318. The summed E-state index contributed by atoms with van der Waals surface area (Å²) < 4.78 is 11.3. The van der Waals surface area contributed by atoms with Crippen molar-refractivity contribution >= 4 is 45.1 Å². The first-order chi connectivity index (χ1) is 14.3. The minimum absolute atomic E-state index is 0.0532. The van der Waals surface area contributed by atoms with Crippen LogP contribution < -0.4 is 15.0 Å². The highest BCUT2D eigenvalue weighted by molar-refractivity contribution is 9.10. The van der Waals surface area contributed by atoms with Crippen LogP contribution >= 0.6 is 15.9 Å². The number of esters is 1. The number of aryl methyl sites for hydroxylation is 2. The van der Waals surface area contributed by atoms with E-state index in [9.17, 15) is 14.4 Å². The first-order valence-electron chi connectivity index (χ1n) is 9.46. The zero-order valence-corrected chi connectivity index (χ0v) is 18.6. The topological polar surface area (TPSA) is 84.9 Å². The van der Waals surface area contributed by atoms with Gasteiger partial charge in [0, 0.05) is 28.8 Å². The summed E-state index contributed by atoms with van der Waals surface area (Å²) in [4.78, 5) is 38.4. The molecule has 0 aliphatic carbocycles. The molecule has 0 saturated carbocycles. The lowest BCUT2D eigenvalue weighted by atomic mass is 10.1. The summed E-state index contributed by atoms with van der Waals surface area (Å²) in [5.74, 6) is -1.07. The lowest BCUT2D eigenvalue weighted by Crippen LogP contribution is -2.28. The largest absolute Gasteiger partial charge is 0.497 e. The van der Waals surface area contributed by atoms with Crippen LogP contribution in [0.5, 0.6) is 5.75 Å². The molecule has 7 nitrogen and oxygen atoms in total. The van der Waals surface area contributed by atoms with Crippen molar-refractivity contribution < 1.29 is 23.9 Å². The Kier molecular flexibility index (Phi) is 6.77. The van der Waals surface area contributed by atoms with E-state index in [1.54, 1.807) is 36.3 Å². The van der Waals surface area contributed by atoms with E-state index < -0.39 is 24.4 Å². The Labute approximate surface area is 183 Å². The van der Waals surface area contributed by atoms with Gasteiger partial charge in [-0.05, 0) is 61.4 Å². The van der Waals surface area contributed by atoms with Crippen molar-refractivity contribution in [2.24, 2.45) is 5.92 Å². The Hall–Kier alpha value is -2.87. The average molecular weight is 475 g/mol. The molecule has 2 amide bonds. The van der Waals surface area contributed by atoms with Gasteiger partial charge in [0.15, 0.2) is 6.61 Å². The third kappa shape index (κ3) is 4.99. The second-order valence-electron chi connectivity index (χ2n) is 7.18. The number of nitrogens with zero attached hydrogens (tertiary/aromatic N) is 1. The fourth-order valence-corrected chi connectivity index (χ4v) is 3.58. The van der Waals surface area contributed by atoms with Gasteiger partial charge in [-0.15, -0.1) is 0 Å². The second-order valence-corrected chi connectivity index (χ2v) is 7.98. The van der Waals surface area contributed by atoms with Crippen molar-refractivity contribution in [2.75, 3.05) is 30.5 Å². The van der Waals surface area contributed by atoms with Gasteiger partial charge in [-0.3, -0.25) is 14.4 Å². The smallest absolute Gasteiger partial charge is 0.311 e. The maximum absolute atomic E-state index is 12.4. The molecule has 1 heterocycles. The molecular weight excluding hydrogens is 452 g/mol. The van der Waals surface area contributed by atoms with E-state index in [-0.39, 0.29) is 18.9 Å². The number of rotatable bonds is 6. The number of halogens is 1. The lowest BCUT2D eigenvalue weighted by molar-refractivity contribution is -0.151. The number of hydrogen-bond acceptors (Lipinski definition) is 5. The van der Waals surface area contributed by atoms with E-state index in [1.807, 2.05) is 26.0 Å². The number of anilines is 2. The zero-order chi connectivity index (χ0) is 21.8. The van der Waals surface area contributed by atoms with Crippen molar-refractivity contribution in [3.63, 3.8) is 0 Å². The summed E-state index contributed by atoms with van der Waals surface area (Å²) in [7, 11) is 1.57. The molecule has 1 atom stereocenters. The number of hydrogen-bond donors (Lipinski definition) is 1. The van der Waals surface area contributed by atoms with Crippen molar-refractivity contribution in [3.05, 3.63) is 52.0 Å². The quantitative estimate of drug-likeness (QED) is 0.646. The molecule has 2 aromatic carbocycles. The maximum atomic E-state index is 12.4. The minimum Gasteiger partial charge on any atom is -0.497 e. The summed E-state index contributed by atoms with van der Waals surface area (Å²) in [5.41, 5.74) is 3.31. The Morgan fingerprint density at radius 3 is 2.40 bits per heavy atom. The van der Waals surface area contributed by atoms with Gasteiger partial charge in [0.2, 0.25) is 5.91 Å². The van der Waals surface area contributed by atoms with Crippen molar-refractivity contribution in [2.45, 2.75) is 20.3 Å². The van der Waals surface area contributed by atoms with E-state index in [0.717, 1.165) is 15.6 Å². The highest BCUT2D eigenvalue weighted by Gasteiger charge is 2.36. The van der Waals surface area contributed by atoms with Crippen LogP contribution in [0, 0.1) is 19.8 Å². The Morgan fingerprint density at radius 2 is 1.80 bits per heavy atom. The van der Waals surface area contributed by atoms with Gasteiger partial charge in [0.25, 0.3) is 5.91 Å². The fourth-order valence-electron chi connectivity index (χ4n) is 3.35. The molecule has 1 saturated heterocycles. The standard InChI is InChI=1S/C22H23BrN2O5/c1-13-8-16(9-14(2)21(13)23)24-19(26)12-30-22(28)15-10-20(27)25(11-15)17-4-6-18(29-3)7-5-17/h4-9,15H,10-12H2,1-3H3,(H,24,26)/t15-/m0/s1. The summed E-state index contributed by atoms with van der Waals surface area (Å²) in [5, 5.41) is 2.72. The van der Waals surface area contributed by atoms with Crippen LogP contribution in [0.25, 0.3) is 0 Å². The van der Waals surface area contributed by atoms with Gasteiger partial charge in [-0.25, -0.2) is 0 Å². The normalized spacial score (nSPS) is 15.8. The van der Waals surface area contributed by atoms with Crippen molar-refractivity contribution in [3.8, 4) is 5.75 Å². The molecule has 1 aliphatic heterocycles. The van der Waals surface area contributed by atoms with Gasteiger partial charge >= 0.3 is 5.97 Å². The van der Waals surface area contributed by atoms with E-state index in [4.69, 9.17) is 9.47 Å². The van der Waals surface area contributed by atoms with E-state index >= 15 is 0 Å². The molecule has 30 heavy (non-hydrogen) atoms. The summed E-state index contributed by atoms with van der Waals surface area (Å²) in [6, 6.07) is 10.7. The molecule has 0 unspecified atom stereocenters. The number of benzene rings is 2. The molecule has 1 N–H and O–H groups in total. The van der Waals surface area contributed by atoms with Gasteiger partial charge in [0.1, 0.15) is 5.75 Å². The van der Waals surface area contributed by atoms with Crippen LogP contribution in [0.15, 0.2) is 40.9 Å². The predicted octanol–water partition coefficient (Wildman–Crippen LogP) is 3.61. The summed E-state index contributed by atoms with van der Waals surface area (Å²) in [6.07, 6.45) is 0.0532. The molecule has 0 radical (unpaired) electrons.